The summed E-state index contributed by atoms with van der Waals surface area (Å²) >= 11 is 0. The number of rotatable bonds is 2. The van der Waals surface area contributed by atoms with E-state index in [1.165, 1.54) is 32.5 Å². The lowest BCUT2D eigenvalue weighted by Gasteiger charge is -2.47. The Kier molecular flexibility index (Phi) is 3.10. The first-order valence-corrected chi connectivity index (χ1v) is 5.67. The van der Waals surface area contributed by atoms with E-state index in [4.69, 9.17) is 4.74 Å². The molecule has 2 aliphatic rings. The van der Waals surface area contributed by atoms with Gasteiger partial charge in [0.1, 0.15) is 0 Å². The zero-order chi connectivity index (χ0) is 10.1. The van der Waals surface area contributed by atoms with Crippen LogP contribution in [-0.2, 0) is 4.74 Å². The first kappa shape index (κ1) is 10.4. The number of hydrogen-bond donors (Lipinski definition) is 0. The highest BCUT2D eigenvalue weighted by Gasteiger charge is 2.35. The van der Waals surface area contributed by atoms with E-state index in [1.54, 1.807) is 0 Å². The van der Waals surface area contributed by atoms with Crippen LogP contribution in [0, 0.1) is 0 Å². The molecular formula is C11H22N2O. The third-order valence-corrected chi connectivity index (χ3v) is 3.91. The molecule has 0 amide bonds. The van der Waals surface area contributed by atoms with E-state index in [0.29, 0.717) is 12.1 Å². The van der Waals surface area contributed by atoms with Crippen LogP contribution in [0.3, 0.4) is 0 Å². The van der Waals surface area contributed by atoms with Crippen molar-refractivity contribution < 1.29 is 4.74 Å². The molecule has 0 aromatic heterocycles. The summed E-state index contributed by atoms with van der Waals surface area (Å²) in [5.74, 6) is 0. The summed E-state index contributed by atoms with van der Waals surface area (Å²) in [7, 11) is 4.05. The van der Waals surface area contributed by atoms with Crippen molar-refractivity contribution in [3.05, 3.63) is 0 Å². The second kappa shape index (κ2) is 4.17. The van der Waals surface area contributed by atoms with Crippen LogP contribution in [0.2, 0.25) is 0 Å². The first-order valence-electron chi connectivity index (χ1n) is 5.67. The van der Waals surface area contributed by atoms with Gasteiger partial charge in [-0.2, -0.15) is 0 Å². The molecule has 0 radical (unpaired) electrons. The summed E-state index contributed by atoms with van der Waals surface area (Å²) in [6.45, 7) is 6.01. The first-order chi connectivity index (χ1) is 6.70. The zero-order valence-corrected chi connectivity index (χ0v) is 9.57. The number of hydrogen-bond acceptors (Lipinski definition) is 3. The summed E-state index contributed by atoms with van der Waals surface area (Å²) in [4.78, 5) is 5.09. The smallest absolute Gasteiger partial charge is 0.0601 e. The van der Waals surface area contributed by atoms with Crippen LogP contribution < -0.4 is 0 Å². The Morgan fingerprint density at radius 1 is 1.21 bits per heavy atom. The Labute approximate surface area is 87.0 Å². The second-order valence-corrected chi connectivity index (χ2v) is 4.81. The monoisotopic (exact) mass is 198 g/mol. The SMILES string of the molecule is CO[C@H]1C[C@H](N2CCN(C)[C@@H](C)C2)C1. The van der Waals surface area contributed by atoms with Crippen LogP contribution in [-0.4, -0.2) is 61.8 Å². The van der Waals surface area contributed by atoms with Crippen molar-refractivity contribution in [2.24, 2.45) is 0 Å². The van der Waals surface area contributed by atoms with Crippen LogP contribution in [0.1, 0.15) is 19.8 Å². The van der Waals surface area contributed by atoms with E-state index in [0.717, 1.165) is 6.04 Å². The van der Waals surface area contributed by atoms with E-state index in [2.05, 4.69) is 23.8 Å². The Morgan fingerprint density at radius 3 is 2.50 bits per heavy atom. The molecule has 2 rings (SSSR count). The Balaban J connectivity index is 1.78. The van der Waals surface area contributed by atoms with E-state index < -0.39 is 0 Å². The topological polar surface area (TPSA) is 15.7 Å². The number of ether oxygens (including phenoxy) is 1. The molecule has 0 spiro atoms. The maximum Gasteiger partial charge on any atom is 0.0601 e. The molecule has 0 unspecified atom stereocenters. The maximum atomic E-state index is 5.32. The quantitative estimate of drug-likeness (QED) is 0.653. The molecule has 0 bridgehead atoms. The van der Waals surface area contributed by atoms with Crippen LogP contribution in [0.25, 0.3) is 0 Å². The van der Waals surface area contributed by atoms with Gasteiger partial charge in [0.2, 0.25) is 0 Å². The van der Waals surface area contributed by atoms with E-state index in [-0.39, 0.29) is 0 Å². The largest absolute Gasteiger partial charge is 0.381 e. The van der Waals surface area contributed by atoms with E-state index in [9.17, 15) is 0 Å². The molecule has 0 N–H and O–H groups in total. The Hall–Kier alpha value is -0.120. The lowest BCUT2D eigenvalue weighted by atomic mass is 9.87. The average molecular weight is 198 g/mol. The summed E-state index contributed by atoms with van der Waals surface area (Å²) in [6.07, 6.45) is 3.02. The molecule has 3 nitrogen and oxygen atoms in total. The summed E-state index contributed by atoms with van der Waals surface area (Å²) in [6, 6.07) is 1.52. The predicted molar refractivity (Wildman–Crippen MR) is 57.5 cm³/mol. The van der Waals surface area contributed by atoms with Crippen LogP contribution in [0.15, 0.2) is 0 Å². The van der Waals surface area contributed by atoms with Gasteiger partial charge >= 0.3 is 0 Å². The van der Waals surface area contributed by atoms with Crippen LogP contribution in [0.4, 0.5) is 0 Å². The molecular weight excluding hydrogens is 176 g/mol. The number of methoxy groups -OCH3 is 1. The van der Waals surface area contributed by atoms with Gasteiger partial charge in [0.05, 0.1) is 6.10 Å². The minimum absolute atomic E-state index is 0.537. The minimum atomic E-state index is 0.537. The van der Waals surface area contributed by atoms with Gasteiger partial charge in [0.25, 0.3) is 0 Å². The van der Waals surface area contributed by atoms with Gasteiger partial charge in [-0.05, 0) is 26.8 Å². The summed E-state index contributed by atoms with van der Waals surface area (Å²) in [5, 5.41) is 0. The molecule has 2 fully saturated rings. The minimum Gasteiger partial charge on any atom is -0.381 e. The highest BCUT2D eigenvalue weighted by Crippen LogP contribution is 2.29. The summed E-state index contributed by atoms with van der Waals surface area (Å²) < 4.78 is 5.32. The molecule has 1 aliphatic heterocycles. The normalized spacial score (nSPS) is 40.9. The van der Waals surface area contributed by atoms with Crippen molar-refractivity contribution in [2.45, 2.75) is 38.0 Å². The third-order valence-electron chi connectivity index (χ3n) is 3.91. The number of nitrogens with zero attached hydrogens (tertiary/aromatic N) is 2. The molecule has 1 heterocycles. The second-order valence-electron chi connectivity index (χ2n) is 4.81. The average Bonchev–Trinajstić information content (AvgIpc) is 2.09. The van der Waals surface area contributed by atoms with Crippen LogP contribution >= 0.6 is 0 Å². The molecule has 82 valence electrons. The van der Waals surface area contributed by atoms with E-state index in [1.807, 2.05) is 7.11 Å². The molecule has 0 aromatic rings. The molecule has 0 aromatic carbocycles. The van der Waals surface area contributed by atoms with Crippen molar-refractivity contribution >= 4 is 0 Å². The van der Waals surface area contributed by atoms with Gasteiger partial charge in [-0.15, -0.1) is 0 Å². The van der Waals surface area contributed by atoms with Crippen LogP contribution in [0.5, 0.6) is 0 Å². The van der Waals surface area contributed by atoms with Crippen molar-refractivity contribution in [3.8, 4) is 0 Å². The van der Waals surface area contributed by atoms with Gasteiger partial charge in [-0.3, -0.25) is 4.90 Å². The molecule has 3 heteroatoms. The van der Waals surface area contributed by atoms with Gasteiger partial charge in [-0.25, -0.2) is 0 Å². The predicted octanol–water partition coefficient (Wildman–Crippen LogP) is 0.800. The lowest BCUT2D eigenvalue weighted by molar-refractivity contribution is -0.0462. The highest BCUT2D eigenvalue weighted by atomic mass is 16.5. The zero-order valence-electron chi connectivity index (χ0n) is 9.57. The fourth-order valence-electron chi connectivity index (χ4n) is 2.44. The fraction of sp³-hybridized carbons (Fsp3) is 1.00. The Bertz CT molecular complexity index is 192. The van der Waals surface area contributed by atoms with Gasteiger partial charge in [0.15, 0.2) is 0 Å². The highest BCUT2D eigenvalue weighted by molar-refractivity contribution is 4.91. The molecule has 1 saturated carbocycles. The van der Waals surface area contributed by atoms with E-state index >= 15 is 0 Å². The van der Waals surface area contributed by atoms with Gasteiger partial charge in [-0.1, -0.05) is 0 Å². The number of piperazine rings is 1. The number of likely N-dealkylation sites (N-methyl/N-ethyl adjacent to an activating group) is 1. The molecule has 1 aliphatic carbocycles. The summed E-state index contributed by atoms with van der Waals surface area (Å²) in [5.41, 5.74) is 0. The van der Waals surface area contributed by atoms with Crippen molar-refractivity contribution in [1.82, 2.24) is 9.80 Å². The lowest BCUT2D eigenvalue weighted by Crippen LogP contribution is -2.57. The van der Waals surface area contributed by atoms with Crippen molar-refractivity contribution in [2.75, 3.05) is 33.8 Å². The molecule has 1 atom stereocenters. The van der Waals surface area contributed by atoms with Gasteiger partial charge < -0.3 is 9.64 Å². The fourth-order valence-corrected chi connectivity index (χ4v) is 2.44. The standard InChI is InChI=1S/C11H22N2O/c1-9-8-13(5-4-12(9)2)10-6-11(7-10)14-3/h9-11H,4-8H2,1-3H3/t9-,10-,11-/m0/s1. The maximum absolute atomic E-state index is 5.32. The third kappa shape index (κ3) is 1.95. The van der Waals surface area contributed by atoms with Crippen molar-refractivity contribution in [3.63, 3.8) is 0 Å². The molecule has 1 saturated heterocycles. The Morgan fingerprint density at radius 2 is 1.93 bits per heavy atom. The van der Waals surface area contributed by atoms with Crippen molar-refractivity contribution in [1.29, 1.82) is 0 Å². The molecule has 14 heavy (non-hydrogen) atoms. The van der Waals surface area contributed by atoms with Gasteiger partial charge in [0, 0.05) is 38.8 Å².